The van der Waals surface area contributed by atoms with Crippen LogP contribution in [0.4, 0.5) is 5.69 Å². The van der Waals surface area contributed by atoms with Gasteiger partial charge < -0.3 is 9.73 Å². The van der Waals surface area contributed by atoms with E-state index in [1.54, 1.807) is 31.2 Å². The van der Waals surface area contributed by atoms with E-state index < -0.39 is 0 Å². The fourth-order valence-electron chi connectivity index (χ4n) is 2.37. The number of nitriles is 1. The molecule has 0 atom stereocenters. The Kier molecular flexibility index (Phi) is 4.96. The number of nitrogens with zero attached hydrogens (tertiary/aromatic N) is 2. The van der Waals surface area contributed by atoms with Gasteiger partial charge in [-0.1, -0.05) is 34.1 Å². The van der Waals surface area contributed by atoms with Crippen molar-refractivity contribution in [3.63, 3.8) is 0 Å². The molecule has 3 aromatic rings. The molecular formula is C19H14BrN3O2. The second-order valence-corrected chi connectivity index (χ2v) is 6.33. The lowest BCUT2D eigenvalue weighted by Gasteiger charge is -2.05. The third-order valence-corrected chi connectivity index (χ3v) is 4.11. The van der Waals surface area contributed by atoms with Crippen LogP contribution in [0.15, 0.2) is 57.4 Å². The Hall–Kier alpha value is -2.91. The number of anilines is 1. The Morgan fingerprint density at radius 3 is 2.84 bits per heavy atom. The van der Waals surface area contributed by atoms with Crippen LogP contribution in [0.3, 0.4) is 0 Å². The summed E-state index contributed by atoms with van der Waals surface area (Å²) in [7, 11) is 0. The summed E-state index contributed by atoms with van der Waals surface area (Å²) in [6.07, 6.45) is 0.0725. The number of hydrogen-bond donors (Lipinski definition) is 1. The lowest BCUT2D eigenvalue weighted by Crippen LogP contribution is -2.16. The Labute approximate surface area is 153 Å². The minimum absolute atomic E-state index is 0.0725. The molecule has 0 saturated heterocycles. The maximum Gasteiger partial charge on any atom is 0.230 e. The van der Waals surface area contributed by atoms with Crippen molar-refractivity contribution in [2.24, 2.45) is 0 Å². The number of carbonyl (C=O) groups excluding carboxylic acids is 1. The lowest BCUT2D eigenvalue weighted by molar-refractivity contribution is -0.115. The number of aromatic nitrogens is 1. The summed E-state index contributed by atoms with van der Waals surface area (Å²) in [4.78, 5) is 16.7. The van der Waals surface area contributed by atoms with Gasteiger partial charge in [0.05, 0.1) is 23.4 Å². The van der Waals surface area contributed by atoms with Crippen molar-refractivity contribution < 1.29 is 9.21 Å². The average molecular weight is 396 g/mol. The quantitative estimate of drug-likeness (QED) is 0.706. The van der Waals surface area contributed by atoms with Crippen LogP contribution in [-0.4, -0.2) is 10.9 Å². The zero-order valence-corrected chi connectivity index (χ0v) is 15.0. The van der Waals surface area contributed by atoms with Crippen molar-refractivity contribution in [3.8, 4) is 17.5 Å². The molecule has 0 aliphatic heterocycles. The number of carbonyl (C=O) groups is 1. The highest BCUT2D eigenvalue weighted by molar-refractivity contribution is 9.10. The topological polar surface area (TPSA) is 78.9 Å². The van der Waals surface area contributed by atoms with Crippen LogP contribution in [0.2, 0.25) is 0 Å². The normalized spacial score (nSPS) is 10.3. The maximum absolute atomic E-state index is 12.3. The number of amides is 1. The Morgan fingerprint density at radius 2 is 2.08 bits per heavy atom. The van der Waals surface area contributed by atoms with Gasteiger partial charge in [0.15, 0.2) is 0 Å². The van der Waals surface area contributed by atoms with Crippen molar-refractivity contribution in [1.29, 1.82) is 5.26 Å². The summed E-state index contributed by atoms with van der Waals surface area (Å²) in [5, 5.41) is 11.8. The predicted octanol–water partition coefficient (Wildman–Crippen LogP) is 4.47. The molecular weight excluding hydrogens is 382 g/mol. The summed E-state index contributed by atoms with van der Waals surface area (Å²) >= 11 is 3.42. The van der Waals surface area contributed by atoms with Crippen molar-refractivity contribution >= 4 is 27.5 Å². The van der Waals surface area contributed by atoms with E-state index in [4.69, 9.17) is 9.68 Å². The fraction of sp³-hybridized carbons (Fsp3) is 0.105. The van der Waals surface area contributed by atoms with Gasteiger partial charge in [0.1, 0.15) is 11.8 Å². The molecule has 0 unspecified atom stereocenters. The van der Waals surface area contributed by atoms with Gasteiger partial charge in [-0.25, -0.2) is 4.98 Å². The summed E-state index contributed by atoms with van der Waals surface area (Å²) < 4.78 is 6.61. The second-order valence-electron chi connectivity index (χ2n) is 5.41. The van der Waals surface area contributed by atoms with E-state index in [2.05, 4.69) is 32.3 Å². The Balaban J connectivity index is 1.77. The number of para-hydroxylation sites is 1. The smallest absolute Gasteiger partial charge is 0.230 e. The average Bonchev–Trinajstić information content (AvgIpc) is 2.96. The molecule has 1 heterocycles. The van der Waals surface area contributed by atoms with E-state index in [9.17, 15) is 4.79 Å². The third-order valence-electron chi connectivity index (χ3n) is 3.61. The summed E-state index contributed by atoms with van der Waals surface area (Å²) in [6.45, 7) is 1.78. The highest BCUT2D eigenvalue weighted by Crippen LogP contribution is 2.25. The summed E-state index contributed by atoms with van der Waals surface area (Å²) in [5.41, 5.74) is 2.31. The number of rotatable bonds is 4. The van der Waals surface area contributed by atoms with E-state index in [0.29, 0.717) is 28.6 Å². The van der Waals surface area contributed by atoms with Gasteiger partial charge >= 0.3 is 0 Å². The number of halogens is 1. The minimum Gasteiger partial charge on any atom is -0.441 e. The predicted molar refractivity (Wildman–Crippen MR) is 97.9 cm³/mol. The number of hydrogen-bond acceptors (Lipinski definition) is 4. The molecule has 0 spiro atoms. The molecule has 2 aromatic carbocycles. The first kappa shape index (κ1) is 16.9. The van der Waals surface area contributed by atoms with Crippen molar-refractivity contribution in [1.82, 2.24) is 4.98 Å². The monoisotopic (exact) mass is 395 g/mol. The van der Waals surface area contributed by atoms with Crippen LogP contribution in [0.25, 0.3) is 11.5 Å². The van der Waals surface area contributed by atoms with Gasteiger partial charge in [-0.05, 0) is 37.3 Å². The minimum atomic E-state index is -0.250. The van der Waals surface area contributed by atoms with Gasteiger partial charge in [0.25, 0.3) is 0 Å². The van der Waals surface area contributed by atoms with Crippen LogP contribution >= 0.6 is 15.9 Å². The van der Waals surface area contributed by atoms with E-state index >= 15 is 0 Å². The molecule has 0 radical (unpaired) electrons. The highest BCUT2D eigenvalue weighted by atomic mass is 79.9. The fourth-order valence-corrected chi connectivity index (χ4v) is 2.77. The summed E-state index contributed by atoms with van der Waals surface area (Å²) in [5.74, 6) is 0.817. The molecule has 0 aliphatic carbocycles. The van der Waals surface area contributed by atoms with Crippen LogP contribution in [0.1, 0.15) is 17.0 Å². The SMILES string of the molecule is Cc1oc(-c2cccc(Br)c2)nc1CC(=O)Nc1ccccc1C#N. The van der Waals surface area contributed by atoms with E-state index in [0.717, 1.165) is 10.0 Å². The van der Waals surface area contributed by atoms with Crippen LogP contribution in [-0.2, 0) is 11.2 Å². The zero-order chi connectivity index (χ0) is 17.8. The molecule has 5 nitrogen and oxygen atoms in total. The maximum atomic E-state index is 12.3. The summed E-state index contributed by atoms with van der Waals surface area (Å²) in [6, 6.07) is 16.5. The lowest BCUT2D eigenvalue weighted by atomic mass is 10.2. The molecule has 1 aromatic heterocycles. The largest absolute Gasteiger partial charge is 0.441 e. The standard InChI is InChI=1S/C19H14BrN3O2/c1-12-17(23-19(25-12)13-6-4-7-15(20)9-13)10-18(24)22-16-8-3-2-5-14(16)11-21/h2-9H,10H2,1H3,(H,22,24). The van der Waals surface area contributed by atoms with Gasteiger partial charge in [-0.3, -0.25) is 4.79 Å². The first-order chi connectivity index (χ1) is 12.1. The first-order valence-corrected chi connectivity index (χ1v) is 8.37. The van der Waals surface area contributed by atoms with E-state index in [1.165, 1.54) is 0 Å². The molecule has 3 rings (SSSR count). The zero-order valence-electron chi connectivity index (χ0n) is 13.4. The number of benzene rings is 2. The molecule has 0 aliphatic rings. The number of nitrogens with one attached hydrogen (secondary N) is 1. The van der Waals surface area contributed by atoms with E-state index in [-0.39, 0.29) is 12.3 Å². The van der Waals surface area contributed by atoms with Gasteiger partial charge in [-0.2, -0.15) is 5.26 Å². The molecule has 1 amide bonds. The van der Waals surface area contributed by atoms with E-state index in [1.807, 2.05) is 24.3 Å². The first-order valence-electron chi connectivity index (χ1n) is 7.58. The van der Waals surface area contributed by atoms with Crippen molar-refractivity contribution in [3.05, 3.63) is 70.0 Å². The highest BCUT2D eigenvalue weighted by Gasteiger charge is 2.15. The molecule has 0 fully saturated rings. The molecule has 0 saturated carbocycles. The Morgan fingerprint density at radius 1 is 1.28 bits per heavy atom. The molecule has 0 bridgehead atoms. The molecule has 25 heavy (non-hydrogen) atoms. The third kappa shape index (κ3) is 3.95. The second kappa shape index (κ2) is 7.32. The number of aryl methyl sites for hydroxylation is 1. The van der Waals surface area contributed by atoms with Crippen LogP contribution in [0, 0.1) is 18.3 Å². The van der Waals surface area contributed by atoms with Crippen LogP contribution < -0.4 is 5.32 Å². The number of oxazole rings is 1. The van der Waals surface area contributed by atoms with Gasteiger partial charge in [-0.15, -0.1) is 0 Å². The molecule has 6 heteroatoms. The van der Waals surface area contributed by atoms with Gasteiger partial charge in [0.2, 0.25) is 11.8 Å². The van der Waals surface area contributed by atoms with Crippen LogP contribution in [0.5, 0.6) is 0 Å². The van der Waals surface area contributed by atoms with Crippen molar-refractivity contribution in [2.45, 2.75) is 13.3 Å². The Bertz CT molecular complexity index is 973. The van der Waals surface area contributed by atoms with Gasteiger partial charge in [0, 0.05) is 10.0 Å². The molecule has 124 valence electrons. The molecule has 1 N–H and O–H groups in total. The van der Waals surface area contributed by atoms with Crippen molar-refractivity contribution in [2.75, 3.05) is 5.32 Å².